The molecule has 4 rings (SSSR count). The normalized spacial score (nSPS) is 32.1. The van der Waals surface area contributed by atoms with Crippen molar-refractivity contribution >= 4 is 36.3 Å². The molecule has 5 nitrogen and oxygen atoms in total. The van der Waals surface area contributed by atoms with Crippen LogP contribution in [0.4, 0.5) is 0 Å². The molecule has 4 saturated carbocycles. The Hall–Kier alpha value is -0.400. The zero-order valence-electron chi connectivity index (χ0n) is 18.4. The van der Waals surface area contributed by atoms with Crippen molar-refractivity contribution in [2.24, 2.45) is 29.4 Å². The highest BCUT2D eigenvalue weighted by molar-refractivity contribution is 8.00. The Morgan fingerprint density at radius 2 is 1.69 bits per heavy atom. The van der Waals surface area contributed by atoms with Crippen molar-refractivity contribution in [2.45, 2.75) is 89.0 Å². The van der Waals surface area contributed by atoms with Gasteiger partial charge >= 0.3 is 11.9 Å². The van der Waals surface area contributed by atoms with Crippen molar-refractivity contribution in [2.75, 3.05) is 11.5 Å². The number of carboxylic acid groups (broad SMARTS) is 1. The molecule has 4 fully saturated rings. The van der Waals surface area contributed by atoms with E-state index < -0.39 is 18.0 Å². The van der Waals surface area contributed by atoms with E-state index in [1.165, 1.54) is 50.3 Å². The molecule has 7 heteroatoms. The predicted molar refractivity (Wildman–Crippen MR) is 122 cm³/mol. The minimum Gasteiger partial charge on any atom is -0.478 e. The number of aliphatic carboxylic acids is 1. The van der Waals surface area contributed by atoms with E-state index in [0.717, 1.165) is 24.2 Å². The molecule has 0 saturated heterocycles. The molecular formula is C22H39NO4S2. The third-order valence-corrected chi connectivity index (χ3v) is 8.86. The molecular weight excluding hydrogens is 406 g/mol. The molecule has 29 heavy (non-hydrogen) atoms. The van der Waals surface area contributed by atoms with Gasteiger partial charge in [0.1, 0.15) is 0 Å². The van der Waals surface area contributed by atoms with E-state index in [1.807, 2.05) is 20.8 Å². The first-order valence-corrected chi connectivity index (χ1v) is 12.6. The Bertz CT molecular complexity index is 546. The fourth-order valence-corrected chi connectivity index (χ4v) is 6.23. The van der Waals surface area contributed by atoms with Crippen LogP contribution in [0, 0.1) is 23.7 Å². The van der Waals surface area contributed by atoms with Crippen LogP contribution in [0.1, 0.15) is 72.6 Å². The van der Waals surface area contributed by atoms with Gasteiger partial charge in [-0.05, 0) is 62.7 Å². The summed E-state index contributed by atoms with van der Waals surface area (Å²) in [6, 6.07) is 0. The molecule has 0 spiro atoms. The van der Waals surface area contributed by atoms with E-state index in [4.69, 9.17) is 15.6 Å². The Balaban J connectivity index is 0.000000227. The number of thioether (sulfide) groups is 1. The van der Waals surface area contributed by atoms with E-state index in [1.54, 1.807) is 6.92 Å². The Morgan fingerprint density at radius 3 is 2.03 bits per heavy atom. The van der Waals surface area contributed by atoms with Crippen LogP contribution in [0.2, 0.25) is 0 Å². The van der Waals surface area contributed by atoms with Gasteiger partial charge in [0.25, 0.3) is 0 Å². The van der Waals surface area contributed by atoms with Crippen molar-refractivity contribution in [3.63, 3.8) is 0 Å². The molecule has 168 valence electrons. The van der Waals surface area contributed by atoms with E-state index in [9.17, 15) is 9.59 Å². The lowest BCUT2D eigenvalue weighted by atomic mass is 9.53. The van der Waals surface area contributed by atoms with Crippen LogP contribution in [0.15, 0.2) is 0 Å². The number of ether oxygens (including phenoxy) is 1. The first-order chi connectivity index (χ1) is 13.5. The summed E-state index contributed by atoms with van der Waals surface area (Å²) < 4.78 is 4.98. The molecule has 0 aromatic rings. The van der Waals surface area contributed by atoms with Crippen molar-refractivity contribution < 1.29 is 19.4 Å². The highest BCUT2D eigenvalue weighted by atomic mass is 32.2. The minimum atomic E-state index is -1.10. The Morgan fingerprint density at radius 1 is 1.21 bits per heavy atom. The van der Waals surface area contributed by atoms with Crippen molar-refractivity contribution in [3.05, 3.63) is 0 Å². The van der Waals surface area contributed by atoms with Crippen molar-refractivity contribution in [3.8, 4) is 0 Å². The van der Waals surface area contributed by atoms with Crippen molar-refractivity contribution in [1.82, 2.24) is 0 Å². The summed E-state index contributed by atoms with van der Waals surface area (Å²) >= 11 is 5.49. The molecule has 0 aromatic carbocycles. The zero-order valence-corrected chi connectivity index (χ0v) is 20.1. The number of hydrogen-bond acceptors (Lipinski definition) is 6. The van der Waals surface area contributed by atoms with Crippen molar-refractivity contribution in [1.29, 1.82) is 0 Å². The van der Waals surface area contributed by atoms with Crippen LogP contribution < -0.4 is 5.73 Å². The first kappa shape index (κ1) is 24.9. The largest absolute Gasteiger partial charge is 0.478 e. The second-order valence-corrected chi connectivity index (χ2v) is 12.1. The number of carboxylic acids is 1. The molecule has 1 unspecified atom stereocenters. The number of thiol groups is 1. The molecule has 0 radical (unpaired) electrons. The fourth-order valence-electron chi connectivity index (χ4n) is 5.07. The van der Waals surface area contributed by atoms with Gasteiger partial charge in [0, 0.05) is 21.8 Å². The number of rotatable bonds is 8. The van der Waals surface area contributed by atoms with Gasteiger partial charge in [0.2, 0.25) is 6.10 Å². The molecule has 4 aliphatic rings. The smallest absolute Gasteiger partial charge is 0.345 e. The highest BCUT2D eigenvalue weighted by Crippen LogP contribution is 2.54. The number of esters is 1. The van der Waals surface area contributed by atoms with Crippen LogP contribution in [-0.4, -0.2) is 44.9 Å². The number of nitrogens with two attached hydrogens (primary N) is 1. The van der Waals surface area contributed by atoms with Gasteiger partial charge < -0.3 is 15.6 Å². The third kappa shape index (κ3) is 7.35. The molecule has 4 bridgehead atoms. The minimum absolute atomic E-state index is 0.0186. The third-order valence-electron chi connectivity index (χ3n) is 6.77. The SMILES string of the molecule is CCC(C)(C)SCC(OC(=O)[C@@H](C)CS)C(=O)O.NC12CC3CC(CC(C3)C1)C2. The number of carbonyl (C=O) groups is 2. The number of hydrogen-bond donors (Lipinski definition) is 3. The summed E-state index contributed by atoms with van der Waals surface area (Å²) in [5.74, 6) is 1.67. The molecule has 0 amide bonds. The van der Waals surface area contributed by atoms with Crippen LogP contribution in [-0.2, 0) is 14.3 Å². The quantitative estimate of drug-likeness (QED) is 0.379. The van der Waals surface area contributed by atoms with Crippen LogP contribution in [0.25, 0.3) is 0 Å². The van der Waals surface area contributed by atoms with Gasteiger partial charge in [0.15, 0.2) is 0 Å². The second kappa shape index (κ2) is 10.3. The molecule has 4 aliphatic carbocycles. The first-order valence-electron chi connectivity index (χ1n) is 10.9. The van der Waals surface area contributed by atoms with E-state index in [0.29, 0.717) is 11.3 Å². The summed E-state index contributed by atoms with van der Waals surface area (Å²) in [4.78, 5) is 22.6. The van der Waals surface area contributed by atoms with Gasteiger partial charge in [-0.3, -0.25) is 4.79 Å². The predicted octanol–water partition coefficient (Wildman–Crippen LogP) is 4.38. The lowest BCUT2D eigenvalue weighted by Gasteiger charge is -2.55. The van der Waals surface area contributed by atoms with Crippen LogP contribution in [0.5, 0.6) is 0 Å². The molecule has 0 aliphatic heterocycles. The monoisotopic (exact) mass is 445 g/mol. The van der Waals surface area contributed by atoms with Gasteiger partial charge in [-0.15, -0.1) is 0 Å². The topological polar surface area (TPSA) is 89.6 Å². The van der Waals surface area contributed by atoms with Gasteiger partial charge in [-0.25, -0.2) is 4.79 Å². The fraction of sp³-hybridized carbons (Fsp3) is 0.909. The lowest BCUT2D eigenvalue weighted by molar-refractivity contribution is -0.164. The van der Waals surface area contributed by atoms with Crippen LogP contribution in [0.3, 0.4) is 0 Å². The van der Waals surface area contributed by atoms with Gasteiger partial charge in [-0.1, -0.05) is 27.7 Å². The maximum absolute atomic E-state index is 11.5. The van der Waals surface area contributed by atoms with Gasteiger partial charge in [0.05, 0.1) is 5.92 Å². The molecule has 0 aromatic heterocycles. The highest BCUT2D eigenvalue weighted by Gasteiger charge is 2.48. The zero-order chi connectivity index (χ0) is 21.8. The van der Waals surface area contributed by atoms with E-state index in [2.05, 4.69) is 12.6 Å². The summed E-state index contributed by atoms with van der Waals surface area (Å²) in [6.45, 7) is 7.78. The Kier molecular flexibility index (Phi) is 8.81. The summed E-state index contributed by atoms with van der Waals surface area (Å²) in [5.41, 5.74) is 6.62. The summed E-state index contributed by atoms with van der Waals surface area (Å²) in [6.07, 6.45) is 8.40. The maximum atomic E-state index is 11.5. The standard InChI is InChI=1S/C12H22O4S2.C10H17N/c1-5-12(3,4)18-7-9(10(13)14)16-11(15)8(2)6-17;11-10-4-7-1-8(5-10)3-9(2-7)6-10/h8-9,17H,5-7H2,1-4H3,(H,13,14);7-9H,1-6,11H2/t8-,9?;/m0./s1. The lowest BCUT2D eigenvalue weighted by Crippen LogP contribution is -2.55. The second-order valence-electron chi connectivity index (χ2n) is 10.1. The average Bonchev–Trinajstić information content (AvgIpc) is 2.62. The average molecular weight is 446 g/mol. The summed E-state index contributed by atoms with van der Waals surface area (Å²) in [5, 5.41) is 9.04. The molecule has 3 N–H and O–H groups in total. The van der Waals surface area contributed by atoms with Crippen LogP contribution >= 0.6 is 24.4 Å². The van der Waals surface area contributed by atoms with Gasteiger partial charge in [-0.2, -0.15) is 24.4 Å². The number of carbonyl (C=O) groups excluding carboxylic acids is 1. The Labute approximate surface area is 185 Å². The summed E-state index contributed by atoms with van der Waals surface area (Å²) in [7, 11) is 0. The maximum Gasteiger partial charge on any atom is 0.345 e. The van der Waals surface area contributed by atoms with E-state index in [-0.39, 0.29) is 16.4 Å². The molecule has 0 heterocycles. The molecule has 2 atom stereocenters. The van der Waals surface area contributed by atoms with E-state index >= 15 is 0 Å².